The van der Waals surface area contributed by atoms with E-state index in [9.17, 15) is 20.0 Å². The molecule has 8 nitrogen and oxygen atoms in total. The molecule has 0 spiro atoms. The van der Waals surface area contributed by atoms with Crippen LogP contribution in [0.5, 0.6) is 0 Å². The second-order valence-corrected chi connectivity index (χ2v) is 2.40. The number of nitrogens with one attached hydrogen (secondary N) is 1. The number of nitrogens with zero attached hydrogens (tertiary/aromatic N) is 2. The first-order valence-electron chi connectivity index (χ1n) is 3.79. The number of hydrogen-bond donors (Lipinski definition) is 1. The van der Waals surface area contributed by atoms with Crippen LogP contribution >= 0.6 is 0 Å². The van der Waals surface area contributed by atoms with Crippen LogP contribution in [0.3, 0.4) is 0 Å². The smallest absolute Gasteiger partial charge is 0.548 e. The molecule has 1 aromatic rings. The molecule has 0 fully saturated rings. The Morgan fingerprint density at radius 3 is 2.81 bits per heavy atom. The Morgan fingerprint density at radius 2 is 2.31 bits per heavy atom. The molecule has 0 amide bonds. The van der Waals surface area contributed by atoms with Crippen LogP contribution in [0.25, 0.3) is 0 Å². The monoisotopic (exact) mass is 235 g/mol. The molecule has 0 aliphatic heterocycles. The van der Waals surface area contributed by atoms with Crippen LogP contribution in [-0.2, 0) is 4.79 Å². The fourth-order valence-corrected chi connectivity index (χ4v) is 0.729. The first kappa shape index (κ1) is 14.6. The van der Waals surface area contributed by atoms with Gasteiger partial charge in [-0.1, -0.05) is 0 Å². The third-order valence-electron chi connectivity index (χ3n) is 1.30. The minimum absolute atomic E-state index is 0. The number of hydrazone groups is 1. The number of carbonyl (C=O) groups excluding carboxylic acids is 1. The van der Waals surface area contributed by atoms with Gasteiger partial charge in [0.05, 0.1) is 24.8 Å². The summed E-state index contributed by atoms with van der Waals surface area (Å²) in [5.74, 6) is -1.57. The van der Waals surface area contributed by atoms with Crippen molar-refractivity contribution in [1.82, 2.24) is 5.43 Å². The van der Waals surface area contributed by atoms with Gasteiger partial charge in [0.1, 0.15) is 4.92 Å². The minimum Gasteiger partial charge on any atom is -0.548 e. The Morgan fingerprint density at radius 1 is 1.62 bits per heavy atom. The molecule has 1 heterocycles. The SMILES string of the molecule is O=C([O-])CNN=Cc1ccc([N+](=O)[O-])o1.[Na+]. The second kappa shape index (κ2) is 6.99. The van der Waals surface area contributed by atoms with Crippen molar-refractivity contribution in [1.29, 1.82) is 0 Å². The standard InChI is InChI=1S/C7H7N3O5.Na/c11-7(12)4-9-8-3-5-1-2-6(15-5)10(13)14;/h1-3,9H,4H2,(H,11,12);/q;+1/p-1. The fourth-order valence-electron chi connectivity index (χ4n) is 0.729. The largest absolute Gasteiger partial charge is 1.00 e. The molecule has 80 valence electrons. The number of aliphatic carboxylic acids is 1. The van der Waals surface area contributed by atoms with E-state index in [2.05, 4.69) is 10.5 Å². The van der Waals surface area contributed by atoms with Gasteiger partial charge in [-0.2, -0.15) is 5.10 Å². The van der Waals surface area contributed by atoms with Crippen LogP contribution in [-0.4, -0.2) is 23.7 Å². The topological polar surface area (TPSA) is 121 Å². The summed E-state index contributed by atoms with van der Waals surface area (Å²) in [5, 5.41) is 23.6. The summed E-state index contributed by atoms with van der Waals surface area (Å²) >= 11 is 0. The van der Waals surface area contributed by atoms with Gasteiger partial charge in [0.15, 0.2) is 5.76 Å². The van der Waals surface area contributed by atoms with E-state index < -0.39 is 23.3 Å². The molecule has 0 unspecified atom stereocenters. The molecule has 1 N–H and O–H groups in total. The van der Waals surface area contributed by atoms with Crippen LogP contribution in [0.15, 0.2) is 21.7 Å². The third-order valence-corrected chi connectivity index (χ3v) is 1.30. The zero-order valence-electron chi connectivity index (χ0n) is 8.37. The van der Waals surface area contributed by atoms with E-state index in [-0.39, 0.29) is 35.3 Å². The van der Waals surface area contributed by atoms with Gasteiger partial charge in [-0.25, -0.2) is 0 Å². The van der Waals surface area contributed by atoms with Gasteiger partial charge in [0.25, 0.3) is 0 Å². The van der Waals surface area contributed by atoms with Crippen molar-refractivity contribution in [3.05, 3.63) is 28.0 Å². The molecule has 0 aromatic carbocycles. The van der Waals surface area contributed by atoms with Crippen LogP contribution < -0.4 is 40.1 Å². The summed E-state index contributed by atoms with van der Waals surface area (Å²) < 4.78 is 4.70. The Hall–Kier alpha value is -1.38. The molecule has 0 bridgehead atoms. The number of hydrogen-bond acceptors (Lipinski definition) is 7. The van der Waals surface area contributed by atoms with Crippen LogP contribution in [0, 0.1) is 10.1 Å². The van der Waals surface area contributed by atoms with Gasteiger partial charge in [-0.05, 0) is 6.07 Å². The second-order valence-electron chi connectivity index (χ2n) is 2.40. The molecule has 0 radical (unpaired) electrons. The van der Waals surface area contributed by atoms with E-state index in [1.165, 1.54) is 12.1 Å². The normalized spacial score (nSPS) is 9.75. The molecule has 0 saturated heterocycles. The molecule has 1 aromatic heterocycles. The van der Waals surface area contributed by atoms with E-state index in [0.29, 0.717) is 0 Å². The molecule has 1 rings (SSSR count). The number of nitro groups is 1. The minimum atomic E-state index is -1.31. The van der Waals surface area contributed by atoms with Crippen molar-refractivity contribution in [2.24, 2.45) is 5.10 Å². The van der Waals surface area contributed by atoms with E-state index >= 15 is 0 Å². The predicted octanol–water partition coefficient (Wildman–Crippen LogP) is -4.13. The van der Waals surface area contributed by atoms with Crippen molar-refractivity contribution in [3.63, 3.8) is 0 Å². The van der Waals surface area contributed by atoms with Crippen molar-refractivity contribution >= 4 is 18.1 Å². The molecule has 9 heteroatoms. The van der Waals surface area contributed by atoms with Crippen molar-refractivity contribution < 1.29 is 48.8 Å². The van der Waals surface area contributed by atoms with Crippen LogP contribution in [0.2, 0.25) is 0 Å². The number of rotatable bonds is 5. The van der Waals surface area contributed by atoms with Crippen LogP contribution in [0.1, 0.15) is 5.76 Å². The molecular formula is C7H6N3NaO5. The average Bonchev–Trinajstić information content (AvgIpc) is 2.60. The Kier molecular flexibility index (Phi) is 6.38. The zero-order chi connectivity index (χ0) is 11.3. The quantitative estimate of drug-likeness (QED) is 0.239. The van der Waals surface area contributed by atoms with Gasteiger partial charge in [0.2, 0.25) is 0 Å². The Labute approximate surface area is 112 Å². The van der Waals surface area contributed by atoms with E-state index in [4.69, 9.17) is 4.42 Å². The van der Waals surface area contributed by atoms with Crippen molar-refractivity contribution in [2.75, 3.05) is 6.54 Å². The summed E-state index contributed by atoms with van der Waals surface area (Å²) in [4.78, 5) is 19.5. The molecule has 0 aliphatic rings. The molecule has 0 atom stereocenters. The van der Waals surface area contributed by atoms with Crippen LogP contribution in [0.4, 0.5) is 5.88 Å². The molecule has 16 heavy (non-hydrogen) atoms. The van der Waals surface area contributed by atoms with Crippen molar-refractivity contribution in [3.8, 4) is 0 Å². The van der Waals surface area contributed by atoms with Gasteiger partial charge in [-0.15, -0.1) is 0 Å². The zero-order valence-corrected chi connectivity index (χ0v) is 10.4. The van der Waals surface area contributed by atoms with Gasteiger partial charge in [0, 0.05) is 0 Å². The van der Waals surface area contributed by atoms with Gasteiger partial charge in [-0.3, -0.25) is 10.1 Å². The Bertz CT molecular complexity index is 402. The number of carbonyl (C=O) groups is 1. The summed E-state index contributed by atoms with van der Waals surface area (Å²) in [5.41, 5.74) is 2.15. The van der Waals surface area contributed by atoms with E-state index in [1.807, 2.05) is 0 Å². The Balaban J connectivity index is 0.00000225. The average molecular weight is 235 g/mol. The summed E-state index contributed by atoms with van der Waals surface area (Å²) in [6.45, 7) is -0.445. The fraction of sp³-hybridized carbons (Fsp3) is 0.143. The predicted molar refractivity (Wildman–Crippen MR) is 46.0 cm³/mol. The number of furan rings is 1. The van der Waals surface area contributed by atoms with Crippen molar-refractivity contribution in [2.45, 2.75) is 0 Å². The van der Waals surface area contributed by atoms with Gasteiger partial charge >= 0.3 is 35.4 Å². The molecular weight excluding hydrogens is 229 g/mol. The summed E-state index contributed by atoms with van der Waals surface area (Å²) in [7, 11) is 0. The number of carboxylic acids is 1. The summed E-state index contributed by atoms with van der Waals surface area (Å²) in [6.07, 6.45) is 1.12. The number of carboxylic acid groups (broad SMARTS) is 1. The molecule has 0 aliphatic carbocycles. The first-order valence-corrected chi connectivity index (χ1v) is 3.79. The van der Waals surface area contributed by atoms with Gasteiger partial charge < -0.3 is 19.7 Å². The van der Waals surface area contributed by atoms with E-state index in [0.717, 1.165) is 6.21 Å². The third kappa shape index (κ3) is 4.91. The maximum absolute atomic E-state index is 10.2. The first-order chi connectivity index (χ1) is 7.09. The van der Waals surface area contributed by atoms with E-state index in [1.54, 1.807) is 0 Å². The maximum atomic E-state index is 10.2. The molecule has 0 saturated carbocycles. The summed E-state index contributed by atoms with van der Waals surface area (Å²) in [6, 6.07) is 2.50. The maximum Gasteiger partial charge on any atom is 1.00 e.